The van der Waals surface area contributed by atoms with E-state index < -0.39 is 6.04 Å². The number of pyridine rings is 1. The first-order chi connectivity index (χ1) is 15.4. The molecular formula is C24H33N5O3. The Bertz CT molecular complexity index is 880. The molecule has 0 aliphatic heterocycles. The van der Waals surface area contributed by atoms with Crippen LogP contribution in [-0.4, -0.2) is 62.0 Å². The molecule has 0 saturated heterocycles. The number of aromatic nitrogens is 1. The molecule has 1 unspecified atom stereocenters. The molecule has 1 atom stereocenters. The van der Waals surface area contributed by atoms with Gasteiger partial charge in [0.1, 0.15) is 6.04 Å². The van der Waals surface area contributed by atoms with Gasteiger partial charge >= 0.3 is 0 Å². The number of carbonyl (C=O) groups is 2. The van der Waals surface area contributed by atoms with Gasteiger partial charge in [-0.05, 0) is 63.2 Å². The molecule has 3 rings (SSSR count). The summed E-state index contributed by atoms with van der Waals surface area (Å²) in [6.45, 7) is 1.74. The van der Waals surface area contributed by atoms with E-state index in [4.69, 9.17) is 4.74 Å². The number of nitrogens with zero attached hydrogens (tertiary/aromatic N) is 2. The van der Waals surface area contributed by atoms with Gasteiger partial charge in [-0.1, -0.05) is 12.8 Å². The maximum atomic E-state index is 12.9. The highest BCUT2D eigenvalue weighted by Gasteiger charge is 2.27. The minimum Gasteiger partial charge on any atom is -0.481 e. The van der Waals surface area contributed by atoms with Crippen molar-refractivity contribution in [1.82, 2.24) is 15.2 Å². The number of methoxy groups -OCH3 is 1. The van der Waals surface area contributed by atoms with Crippen LogP contribution in [-0.2, 0) is 4.79 Å². The summed E-state index contributed by atoms with van der Waals surface area (Å²) >= 11 is 0. The monoisotopic (exact) mass is 439 g/mol. The average Bonchev–Trinajstić information content (AvgIpc) is 3.61. The number of rotatable bonds is 12. The molecule has 1 saturated carbocycles. The first kappa shape index (κ1) is 23.5. The van der Waals surface area contributed by atoms with Crippen LogP contribution in [0.3, 0.4) is 0 Å². The van der Waals surface area contributed by atoms with E-state index in [9.17, 15) is 9.59 Å². The number of likely N-dealkylation sites (N-methyl/N-ethyl adjacent to an activating group) is 1. The predicted octanol–water partition coefficient (Wildman–Crippen LogP) is 2.99. The lowest BCUT2D eigenvalue weighted by Gasteiger charge is -2.19. The van der Waals surface area contributed by atoms with E-state index in [-0.39, 0.29) is 11.8 Å². The molecule has 1 aromatic carbocycles. The number of hydrogen-bond acceptors (Lipinski definition) is 6. The first-order valence-electron chi connectivity index (χ1n) is 11.0. The lowest BCUT2D eigenvalue weighted by Crippen LogP contribution is -2.43. The van der Waals surface area contributed by atoms with Gasteiger partial charge in [-0.15, -0.1) is 0 Å². The Balaban J connectivity index is 1.59. The van der Waals surface area contributed by atoms with E-state index in [0.717, 1.165) is 25.2 Å². The second kappa shape index (κ2) is 11.5. The van der Waals surface area contributed by atoms with Gasteiger partial charge in [0, 0.05) is 30.4 Å². The highest BCUT2D eigenvalue weighted by molar-refractivity contribution is 6.01. The van der Waals surface area contributed by atoms with Crippen LogP contribution in [0.5, 0.6) is 5.88 Å². The predicted molar refractivity (Wildman–Crippen MR) is 126 cm³/mol. The van der Waals surface area contributed by atoms with Crippen molar-refractivity contribution in [3.8, 4) is 5.88 Å². The molecule has 0 radical (unpaired) electrons. The van der Waals surface area contributed by atoms with Crippen LogP contribution in [0.4, 0.5) is 11.4 Å². The quantitative estimate of drug-likeness (QED) is 0.471. The van der Waals surface area contributed by atoms with E-state index in [2.05, 4.69) is 25.8 Å². The van der Waals surface area contributed by atoms with Gasteiger partial charge < -0.3 is 25.6 Å². The van der Waals surface area contributed by atoms with Gasteiger partial charge in [0.15, 0.2) is 0 Å². The zero-order valence-corrected chi connectivity index (χ0v) is 19.1. The molecule has 1 fully saturated rings. The Morgan fingerprint density at radius 2 is 1.84 bits per heavy atom. The lowest BCUT2D eigenvalue weighted by molar-refractivity contribution is -0.118. The van der Waals surface area contributed by atoms with Crippen molar-refractivity contribution in [2.45, 2.75) is 31.7 Å². The van der Waals surface area contributed by atoms with Gasteiger partial charge in [0.25, 0.3) is 5.91 Å². The number of ether oxygens (including phenoxy) is 1. The molecule has 2 aromatic rings. The summed E-state index contributed by atoms with van der Waals surface area (Å²) < 4.78 is 5.05. The van der Waals surface area contributed by atoms with Crippen LogP contribution in [0.15, 0.2) is 42.6 Å². The number of benzene rings is 1. The minimum absolute atomic E-state index is 0.243. The molecule has 32 heavy (non-hydrogen) atoms. The van der Waals surface area contributed by atoms with Gasteiger partial charge in [0.05, 0.1) is 19.0 Å². The summed E-state index contributed by atoms with van der Waals surface area (Å²) in [5, 5.41) is 9.09. The van der Waals surface area contributed by atoms with Crippen LogP contribution in [0.25, 0.3) is 0 Å². The Kier molecular flexibility index (Phi) is 8.44. The van der Waals surface area contributed by atoms with Crippen LogP contribution >= 0.6 is 0 Å². The van der Waals surface area contributed by atoms with Gasteiger partial charge in [-0.25, -0.2) is 4.98 Å². The third kappa shape index (κ3) is 7.53. The SMILES string of the molecule is COc1ccc(NC(=O)C(CCC2CC2)NC(=O)c2ccc(NCCN(C)C)cc2)cn1. The summed E-state index contributed by atoms with van der Waals surface area (Å²) in [5.41, 5.74) is 2.05. The van der Waals surface area contributed by atoms with Crippen molar-refractivity contribution in [3.63, 3.8) is 0 Å². The van der Waals surface area contributed by atoms with Gasteiger partial charge in [0.2, 0.25) is 11.8 Å². The first-order valence-corrected chi connectivity index (χ1v) is 11.0. The minimum atomic E-state index is -0.608. The molecule has 1 aromatic heterocycles. The van der Waals surface area contributed by atoms with Crippen molar-refractivity contribution < 1.29 is 14.3 Å². The van der Waals surface area contributed by atoms with Gasteiger partial charge in [-0.2, -0.15) is 0 Å². The maximum Gasteiger partial charge on any atom is 0.251 e. The Hall–Kier alpha value is -3.13. The van der Waals surface area contributed by atoms with Crippen molar-refractivity contribution in [1.29, 1.82) is 0 Å². The maximum absolute atomic E-state index is 12.9. The molecule has 2 amide bonds. The molecule has 1 heterocycles. The summed E-state index contributed by atoms with van der Waals surface area (Å²) in [4.78, 5) is 31.9. The van der Waals surface area contributed by atoms with Gasteiger partial charge in [-0.3, -0.25) is 9.59 Å². The van der Waals surface area contributed by atoms with E-state index in [1.165, 1.54) is 20.0 Å². The molecule has 0 bridgehead atoms. The smallest absolute Gasteiger partial charge is 0.251 e. The number of carbonyl (C=O) groups excluding carboxylic acids is 2. The topological polar surface area (TPSA) is 95.6 Å². The number of amides is 2. The van der Waals surface area contributed by atoms with Crippen LogP contribution in [0.1, 0.15) is 36.0 Å². The van der Waals surface area contributed by atoms with Crippen LogP contribution < -0.4 is 20.7 Å². The summed E-state index contributed by atoms with van der Waals surface area (Å²) in [6, 6.07) is 10.1. The summed E-state index contributed by atoms with van der Waals surface area (Å²) in [6.07, 6.45) is 5.47. The van der Waals surface area contributed by atoms with E-state index >= 15 is 0 Å². The Morgan fingerprint density at radius 3 is 2.44 bits per heavy atom. The summed E-state index contributed by atoms with van der Waals surface area (Å²) in [5.74, 6) is 0.639. The molecule has 3 N–H and O–H groups in total. The molecule has 0 spiro atoms. The zero-order valence-electron chi connectivity index (χ0n) is 19.1. The highest BCUT2D eigenvalue weighted by Crippen LogP contribution is 2.34. The second-order valence-electron chi connectivity index (χ2n) is 8.43. The van der Waals surface area contributed by atoms with E-state index in [1.54, 1.807) is 30.5 Å². The molecule has 172 valence electrons. The second-order valence-corrected chi connectivity index (χ2v) is 8.43. The molecule has 8 heteroatoms. The standard InChI is InChI=1S/C24H33N5O3/c1-29(2)15-14-25-19-9-7-18(8-10-19)23(30)28-21(12-6-17-4-5-17)24(31)27-20-11-13-22(32-3)26-16-20/h7-11,13,16-17,21,25H,4-6,12,14-15H2,1-3H3,(H,27,31)(H,28,30). The molecule has 1 aliphatic rings. The lowest BCUT2D eigenvalue weighted by atomic mass is 10.1. The van der Waals surface area contributed by atoms with E-state index in [0.29, 0.717) is 29.5 Å². The van der Waals surface area contributed by atoms with Crippen molar-refractivity contribution in [3.05, 3.63) is 48.2 Å². The van der Waals surface area contributed by atoms with Crippen LogP contribution in [0.2, 0.25) is 0 Å². The van der Waals surface area contributed by atoms with Crippen LogP contribution in [0, 0.1) is 5.92 Å². The Morgan fingerprint density at radius 1 is 1.12 bits per heavy atom. The molecule has 1 aliphatic carbocycles. The normalized spacial score (nSPS) is 14.0. The highest BCUT2D eigenvalue weighted by atomic mass is 16.5. The average molecular weight is 440 g/mol. The number of nitrogens with one attached hydrogen (secondary N) is 3. The number of hydrogen-bond donors (Lipinski definition) is 3. The van der Waals surface area contributed by atoms with E-state index in [1.807, 2.05) is 26.2 Å². The number of anilines is 2. The summed E-state index contributed by atoms with van der Waals surface area (Å²) in [7, 11) is 5.59. The third-order valence-electron chi connectivity index (χ3n) is 5.43. The molecule has 8 nitrogen and oxygen atoms in total. The fourth-order valence-electron chi connectivity index (χ4n) is 3.29. The van der Waals surface area contributed by atoms with Crippen molar-refractivity contribution in [2.24, 2.45) is 5.92 Å². The fourth-order valence-corrected chi connectivity index (χ4v) is 3.29. The Labute approximate surface area is 189 Å². The third-order valence-corrected chi connectivity index (χ3v) is 5.43. The van der Waals surface area contributed by atoms with Crippen molar-refractivity contribution in [2.75, 3.05) is 44.9 Å². The largest absolute Gasteiger partial charge is 0.481 e. The molecular weight excluding hydrogens is 406 g/mol. The zero-order chi connectivity index (χ0) is 22.9. The van der Waals surface area contributed by atoms with Crippen molar-refractivity contribution >= 4 is 23.2 Å². The fraction of sp³-hybridized carbons (Fsp3) is 0.458.